The van der Waals surface area contributed by atoms with Crippen LogP contribution >= 0.6 is 0 Å². The van der Waals surface area contributed by atoms with Crippen molar-refractivity contribution >= 4 is 16.7 Å². The molecule has 0 amide bonds. The molecule has 1 aromatic carbocycles. The van der Waals surface area contributed by atoms with Crippen LogP contribution in [0, 0.1) is 13.8 Å². The highest BCUT2D eigenvalue weighted by molar-refractivity contribution is 5.82. The number of hydrogen-bond acceptors (Lipinski definition) is 5. The van der Waals surface area contributed by atoms with Gasteiger partial charge in [0.25, 0.3) is 0 Å². The molecule has 6 nitrogen and oxygen atoms in total. The maximum Gasteiger partial charge on any atom is 0.159 e. The summed E-state index contributed by atoms with van der Waals surface area (Å²) in [5.74, 6) is 2.40. The van der Waals surface area contributed by atoms with Crippen molar-refractivity contribution in [2.75, 3.05) is 18.1 Å². The van der Waals surface area contributed by atoms with Crippen LogP contribution in [0.1, 0.15) is 55.0 Å². The third-order valence-corrected chi connectivity index (χ3v) is 7.26. The van der Waals surface area contributed by atoms with E-state index in [2.05, 4.69) is 29.1 Å². The molecule has 0 spiro atoms. The van der Waals surface area contributed by atoms with E-state index in [0.29, 0.717) is 18.6 Å². The van der Waals surface area contributed by atoms with Crippen molar-refractivity contribution in [2.24, 2.45) is 0 Å². The molecule has 1 saturated carbocycles. The second-order valence-corrected chi connectivity index (χ2v) is 9.36. The zero-order chi connectivity index (χ0) is 21.1. The lowest BCUT2D eigenvalue weighted by Gasteiger charge is -2.28. The summed E-state index contributed by atoms with van der Waals surface area (Å²) in [4.78, 5) is 11.7. The molecule has 2 aromatic heterocycles. The minimum atomic E-state index is -0.762. The van der Waals surface area contributed by atoms with Gasteiger partial charge in [-0.15, -0.1) is 0 Å². The molecule has 7 heteroatoms. The Balaban J connectivity index is 1.42. The molecule has 2 aliphatic heterocycles. The van der Waals surface area contributed by atoms with Crippen molar-refractivity contribution in [3.63, 3.8) is 0 Å². The van der Waals surface area contributed by atoms with Crippen LogP contribution in [0.15, 0.2) is 24.4 Å². The van der Waals surface area contributed by atoms with E-state index in [1.807, 2.05) is 23.9 Å². The molecule has 2 saturated heterocycles. The van der Waals surface area contributed by atoms with Crippen LogP contribution < -0.4 is 4.90 Å². The maximum atomic E-state index is 14.8. The Bertz CT molecular complexity index is 1140. The predicted molar refractivity (Wildman–Crippen MR) is 118 cm³/mol. The van der Waals surface area contributed by atoms with Crippen molar-refractivity contribution in [3.8, 4) is 5.82 Å². The van der Waals surface area contributed by atoms with Gasteiger partial charge in [-0.1, -0.05) is 12.8 Å². The van der Waals surface area contributed by atoms with Crippen LogP contribution in [0.25, 0.3) is 16.7 Å². The summed E-state index contributed by atoms with van der Waals surface area (Å²) in [6.07, 6.45) is 6.16. The van der Waals surface area contributed by atoms with Crippen molar-refractivity contribution in [2.45, 2.75) is 70.2 Å². The fourth-order valence-electron chi connectivity index (χ4n) is 5.69. The van der Waals surface area contributed by atoms with Gasteiger partial charge in [-0.25, -0.2) is 19.0 Å². The number of nitrogens with zero attached hydrogens (tertiary/aromatic N) is 5. The van der Waals surface area contributed by atoms with Gasteiger partial charge >= 0.3 is 0 Å². The number of benzene rings is 1. The molecule has 3 fully saturated rings. The van der Waals surface area contributed by atoms with E-state index < -0.39 is 6.17 Å². The Hall–Kier alpha value is -2.54. The highest BCUT2D eigenvalue weighted by atomic mass is 19.1. The standard InChI is InChI=1S/C24H28FN5O/c1-14-7-16-11-26-30(22(16)9-20(14)19-5-3-4-6-21(19)25)24-10-23(27-15(2)28-24)29-12-18-8-17(29)13-31-18/h7,9-11,17-19,21H,3-6,8,12-13H2,1-2H3. The predicted octanol–water partition coefficient (Wildman–Crippen LogP) is 4.41. The molecule has 2 bridgehead atoms. The molecule has 1 aliphatic carbocycles. The Kier molecular flexibility index (Phi) is 4.49. The first-order chi connectivity index (χ1) is 15.1. The van der Waals surface area contributed by atoms with Gasteiger partial charge in [0.15, 0.2) is 5.82 Å². The van der Waals surface area contributed by atoms with E-state index in [9.17, 15) is 4.39 Å². The van der Waals surface area contributed by atoms with Crippen LogP contribution in [0.3, 0.4) is 0 Å². The van der Waals surface area contributed by atoms with E-state index >= 15 is 0 Å². The Morgan fingerprint density at radius 1 is 1.06 bits per heavy atom. The van der Waals surface area contributed by atoms with Crippen molar-refractivity contribution < 1.29 is 9.13 Å². The highest BCUT2D eigenvalue weighted by Crippen LogP contribution is 2.38. The number of aryl methyl sites for hydroxylation is 2. The van der Waals surface area contributed by atoms with Gasteiger partial charge in [-0.3, -0.25) is 0 Å². The van der Waals surface area contributed by atoms with Crippen molar-refractivity contribution in [1.29, 1.82) is 0 Å². The number of ether oxygens (including phenoxy) is 1. The minimum Gasteiger partial charge on any atom is -0.374 e. The lowest BCUT2D eigenvalue weighted by atomic mass is 9.80. The maximum absolute atomic E-state index is 14.8. The SMILES string of the molecule is Cc1nc(N2CC3CC2CO3)cc(-n2ncc3cc(C)c(C4CCCCC4F)cc32)n1. The number of halogens is 1. The number of alkyl halides is 1. The van der Waals surface area contributed by atoms with Gasteiger partial charge in [-0.2, -0.15) is 5.10 Å². The summed E-state index contributed by atoms with van der Waals surface area (Å²) < 4.78 is 22.4. The van der Waals surface area contributed by atoms with Crippen molar-refractivity contribution in [1.82, 2.24) is 19.7 Å². The highest BCUT2D eigenvalue weighted by Gasteiger charge is 2.40. The molecule has 6 rings (SSSR count). The summed E-state index contributed by atoms with van der Waals surface area (Å²) >= 11 is 0. The first kappa shape index (κ1) is 19.2. The number of rotatable bonds is 3. The molecule has 31 heavy (non-hydrogen) atoms. The summed E-state index contributed by atoms with van der Waals surface area (Å²) in [7, 11) is 0. The Morgan fingerprint density at radius 2 is 1.90 bits per heavy atom. The molecule has 4 heterocycles. The number of morpholine rings is 1. The number of aromatic nitrogens is 4. The average Bonchev–Trinajstić information content (AvgIpc) is 3.49. The van der Waals surface area contributed by atoms with Crippen LogP contribution in [0.5, 0.6) is 0 Å². The first-order valence-corrected chi connectivity index (χ1v) is 11.4. The van der Waals surface area contributed by atoms with Crippen LogP contribution in [0.2, 0.25) is 0 Å². The lowest BCUT2D eigenvalue weighted by molar-refractivity contribution is 0.0988. The molecular weight excluding hydrogens is 393 g/mol. The monoisotopic (exact) mass is 421 g/mol. The van der Waals surface area contributed by atoms with Crippen LogP contribution in [-0.2, 0) is 4.74 Å². The second kappa shape index (κ2) is 7.26. The van der Waals surface area contributed by atoms with Crippen molar-refractivity contribution in [3.05, 3.63) is 41.3 Å². The third-order valence-electron chi connectivity index (χ3n) is 7.26. The van der Waals surface area contributed by atoms with E-state index in [1.54, 1.807) is 0 Å². The number of hydrogen-bond donors (Lipinski definition) is 0. The number of anilines is 1. The molecule has 4 unspecified atom stereocenters. The Labute approximate surface area is 181 Å². The zero-order valence-corrected chi connectivity index (χ0v) is 18.1. The normalized spacial score (nSPS) is 28.0. The average molecular weight is 422 g/mol. The van der Waals surface area contributed by atoms with Gasteiger partial charge in [-0.05, 0) is 56.4 Å². The minimum absolute atomic E-state index is 0.0238. The summed E-state index contributed by atoms with van der Waals surface area (Å²) in [6.45, 7) is 5.66. The van der Waals surface area contributed by atoms with Gasteiger partial charge in [0, 0.05) is 23.9 Å². The zero-order valence-electron chi connectivity index (χ0n) is 18.1. The summed E-state index contributed by atoms with van der Waals surface area (Å²) in [5.41, 5.74) is 3.24. The van der Waals surface area contributed by atoms with E-state index in [0.717, 1.165) is 78.3 Å². The molecule has 0 N–H and O–H groups in total. The van der Waals surface area contributed by atoms with Gasteiger partial charge in [0.1, 0.15) is 17.8 Å². The van der Waals surface area contributed by atoms with Crippen LogP contribution in [0.4, 0.5) is 10.2 Å². The smallest absolute Gasteiger partial charge is 0.159 e. The fourth-order valence-corrected chi connectivity index (χ4v) is 5.69. The Morgan fingerprint density at radius 3 is 2.68 bits per heavy atom. The summed E-state index contributed by atoms with van der Waals surface area (Å²) in [6, 6.07) is 6.70. The van der Waals surface area contributed by atoms with E-state index in [4.69, 9.17) is 14.7 Å². The first-order valence-electron chi connectivity index (χ1n) is 11.4. The van der Waals surface area contributed by atoms with Crippen LogP contribution in [-0.4, -0.2) is 51.2 Å². The quantitative estimate of drug-likeness (QED) is 0.627. The number of fused-ring (bicyclic) bond motifs is 3. The topological polar surface area (TPSA) is 56.1 Å². The van der Waals surface area contributed by atoms with E-state index in [-0.39, 0.29) is 5.92 Å². The molecule has 162 valence electrons. The van der Waals surface area contributed by atoms with Gasteiger partial charge in [0.05, 0.1) is 30.5 Å². The molecule has 3 aromatic rings. The summed E-state index contributed by atoms with van der Waals surface area (Å²) in [5, 5.41) is 5.71. The molecular formula is C24H28FN5O. The third kappa shape index (κ3) is 3.21. The van der Waals surface area contributed by atoms with Gasteiger partial charge in [0.2, 0.25) is 0 Å². The molecule has 0 radical (unpaired) electrons. The second-order valence-electron chi connectivity index (χ2n) is 9.36. The van der Waals surface area contributed by atoms with E-state index in [1.165, 1.54) is 0 Å². The largest absolute Gasteiger partial charge is 0.374 e. The fraction of sp³-hybridized carbons (Fsp3) is 0.542. The molecule has 4 atom stereocenters. The van der Waals surface area contributed by atoms with Gasteiger partial charge < -0.3 is 9.64 Å². The molecule has 3 aliphatic rings. The lowest BCUT2D eigenvalue weighted by Crippen LogP contribution is -2.37.